The van der Waals surface area contributed by atoms with Gasteiger partial charge in [0.25, 0.3) is 0 Å². The van der Waals surface area contributed by atoms with Crippen LogP contribution in [0.1, 0.15) is 43.7 Å². The van der Waals surface area contributed by atoms with Gasteiger partial charge in [0.05, 0.1) is 5.92 Å². The molecule has 172 valence electrons. The second kappa shape index (κ2) is 14.5. The number of ether oxygens (including phenoxy) is 2. The van der Waals surface area contributed by atoms with E-state index in [9.17, 15) is 14.4 Å². The first-order chi connectivity index (χ1) is 15.6. The summed E-state index contributed by atoms with van der Waals surface area (Å²) in [7, 11) is 0. The van der Waals surface area contributed by atoms with Crippen molar-refractivity contribution in [3.05, 3.63) is 71.8 Å². The molecule has 0 heterocycles. The standard InChI is InChI=1S/C24H31N3O5/c1-2-3-6-15-21(16-25-23(29)31-17-19-11-7-4-8-12-19)22(28)26-27-24(30)32-18-20-13-9-5-10-14-20/h4-5,7-14,21H,2-3,6,15-18H2,1H3,(H,25,29)(H,26,28)(H,27,30)/t21-/m1/s1. The molecule has 0 aliphatic heterocycles. The molecule has 0 saturated heterocycles. The predicted molar refractivity (Wildman–Crippen MR) is 120 cm³/mol. The number of amides is 3. The maximum absolute atomic E-state index is 12.5. The van der Waals surface area contributed by atoms with Gasteiger partial charge in [-0.25, -0.2) is 15.0 Å². The molecule has 0 spiro atoms. The van der Waals surface area contributed by atoms with Crippen molar-refractivity contribution in [1.82, 2.24) is 16.2 Å². The molecule has 3 amide bonds. The Morgan fingerprint density at radius 3 is 1.91 bits per heavy atom. The van der Waals surface area contributed by atoms with E-state index >= 15 is 0 Å². The molecule has 0 saturated carbocycles. The van der Waals surface area contributed by atoms with Gasteiger partial charge in [0.1, 0.15) is 13.2 Å². The van der Waals surface area contributed by atoms with Crippen LogP contribution in [0, 0.1) is 5.92 Å². The summed E-state index contributed by atoms with van der Waals surface area (Å²) < 4.78 is 10.3. The van der Waals surface area contributed by atoms with Crippen LogP contribution in [-0.4, -0.2) is 24.6 Å². The highest BCUT2D eigenvalue weighted by molar-refractivity contribution is 5.81. The maximum atomic E-state index is 12.5. The first-order valence-electron chi connectivity index (χ1n) is 10.8. The molecule has 0 fully saturated rings. The molecule has 0 bridgehead atoms. The van der Waals surface area contributed by atoms with Crippen LogP contribution in [0.5, 0.6) is 0 Å². The SMILES string of the molecule is CCCCC[C@H](CNC(=O)OCc1ccccc1)C(=O)NNC(=O)OCc1ccccc1. The van der Waals surface area contributed by atoms with Gasteiger partial charge in [-0.15, -0.1) is 0 Å². The van der Waals surface area contributed by atoms with E-state index in [1.165, 1.54) is 0 Å². The van der Waals surface area contributed by atoms with Crippen LogP contribution < -0.4 is 16.2 Å². The third-order valence-corrected chi connectivity index (χ3v) is 4.73. The van der Waals surface area contributed by atoms with E-state index in [2.05, 4.69) is 23.1 Å². The predicted octanol–water partition coefficient (Wildman–Crippen LogP) is 4.07. The number of carbonyl (C=O) groups excluding carboxylic acids is 3. The van der Waals surface area contributed by atoms with Gasteiger partial charge in [0, 0.05) is 6.54 Å². The van der Waals surface area contributed by atoms with Crippen molar-refractivity contribution >= 4 is 18.1 Å². The quantitative estimate of drug-likeness (QED) is 0.360. The van der Waals surface area contributed by atoms with E-state index < -0.39 is 24.0 Å². The monoisotopic (exact) mass is 441 g/mol. The minimum Gasteiger partial charge on any atom is -0.445 e. The Balaban J connectivity index is 1.75. The van der Waals surface area contributed by atoms with E-state index in [1.54, 1.807) is 0 Å². The van der Waals surface area contributed by atoms with Crippen molar-refractivity contribution in [1.29, 1.82) is 0 Å². The van der Waals surface area contributed by atoms with Crippen LogP contribution in [0.4, 0.5) is 9.59 Å². The Morgan fingerprint density at radius 2 is 1.34 bits per heavy atom. The maximum Gasteiger partial charge on any atom is 0.426 e. The van der Waals surface area contributed by atoms with Gasteiger partial charge in [-0.1, -0.05) is 86.8 Å². The Labute approximate surface area is 188 Å². The number of benzene rings is 2. The highest BCUT2D eigenvalue weighted by atomic mass is 16.6. The van der Waals surface area contributed by atoms with Crippen molar-refractivity contribution < 1.29 is 23.9 Å². The fourth-order valence-corrected chi connectivity index (χ4v) is 2.92. The van der Waals surface area contributed by atoms with Crippen molar-refractivity contribution in [2.75, 3.05) is 6.54 Å². The summed E-state index contributed by atoms with van der Waals surface area (Å²) in [5.74, 6) is -0.915. The molecule has 0 aliphatic rings. The Kier molecular flexibility index (Phi) is 11.2. The van der Waals surface area contributed by atoms with E-state index in [-0.39, 0.29) is 19.8 Å². The lowest BCUT2D eigenvalue weighted by molar-refractivity contribution is -0.126. The molecular weight excluding hydrogens is 410 g/mol. The molecular formula is C24H31N3O5. The van der Waals surface area contributed by atoms with Crippen molar-refractivity contribution in [3.63, 3.8) is 0 Å². The summed E-state index contributed by atoms with van der Waals surface area (Å²) >= 11 is 0. The van der Waals surface area contributed by atoms with Crippen LogP contribution in [0.2, 0.25) is 0 Å². The number of carbonyl (C=O) groups is 3. The summed E-state index contributed by atoms with van der Waals surface area (Å²) in [6.07, 6.45) is 2.01. The van der Waals surface area contributed by atoms with E-state index in [4.69, 9.17) is 9.47 Å². The Hall–Kier alpha value is -3.55. The zero-order valence-electron chi connectivity index (χ0n) is 18.3. The van der Waals surface area contributed by atoms with Gasteiger partial charge in [-0.2, -0.15) is 0 Å². The van der Waals surface area contributed by atoms with Gasteiger partial charge in [-0.3, -0.25) is 10.2 Å². The summed E-state index contributed by atoms with van der Waals surface area (Å²) in [5, 5.41) is 2.63. The second-order valence-electron chi connectivity index (χ2n) is 7.31. The lowest BCUT2D eigenvalue weighted by Crippen LogP contribution is -2.47. The molecule has 2 aromatic carbocycles. The average Bonchev–Trinajstić information content (AvgIpc) is 2.83. The molecule has 8 heteroatoms. The van der Waals surface area contributed by atoms with E-state index in [0.717, 1.165) is 30.4 Å². The van der Waals surface area contributed by atoms with Crippen molar-refractivity contribution in [2.45, 2.75) is 45.8 Å². The van der Waals surface area contributed by atoms with Crippen LogP contribution >= 0.6 is 0 Å². The Bertz CT molecular complexity index is 830. The van der Waals surface area contributed by atoms with Crippen LogP contribution in [-0.2, 0) is 27.5 Å². The van der Waals surface area contributed by atoms with Gasteiger partial charge in [-0.05, 0) is 17.5 Å². The fraction of sp³-hybridized carbons (Fsp3) is 0.375. The minimum atomic E-state index is -0.759. The van der Waals surface area contributed by atoms with Gasteiger partial charge < -0.3 is 14.8 Å². The molecule has 0 aliphatic carbocycles. The third kappa shape index (κ3) is 9.97. The highest BCUT2D eigenvalue weighted by Crippen LogP contribution is 2.10. The van der Waals surface area contributed by atoms with Crippen molar-refractivity contribution in [2.24, 2.45) is 5.92 Å². The summed E-state index contributed by atoms with van der Waals surface area (Å²) in [4.78, 5) is 36.4. The number of hydrogen-bond acceptors (Lipinski definition) is 5. The number of unbranched alkanes of at least 4 members (excludes halogenated alkanes) is 2. The average molecular weight is 442 g/mol. The number of alkyl carbamates (subject to hydrolysis) is 1. The molecule has 2 rings (SSSR count). The number of rotatable bonds is 11. The van der Waals surface area contributed by atoms with Crippen LogP contribution in [0.15, 0.2) is 60.7 Å². The van der Waals surface area contributed by atoms with Crippen LogP contribution in [0.25, 0.3) is 0 Å². The Morgan fingerprint density at radius 1 is 0.781 bits per heavy atom. The number of nitrogens with one attached hydrogen (secondary N) is 3. The zero-order chi connectivity index (χ0) is 23.0. The second-order valence-corrected chi connectivity index (χ2v) is 7.31. The smallest absolute Gasteiger partial charge is 0.426 e. The first kappa shape index (κ1) is 24.7. The lowest BCUT2D eigenvalue weighted by Gasteiger charge is -2.18. The zero-order valence-corrected chi connectivity index (χ0v) is 18.3. The first-order valence-corrected chi connectivity index (χ1v) is 10.8. The number of hydrogen-bond donors (Lipinski definition) is 3. The van der Waals surface area contributed by atoms with Crippen LogP contribution in [0.3, 0.4) is 0 Å². The van der Waals surface area contributed by atoms with E-state index in [0.29, 0.717) is 6.42 Å². The largest absolute Gasteiger partial charge is 0.445 e. The molecule has 0 aromatic heterocycles. The molecule has 1 atom stereocenters. The molecule has 8 nitrogen and oxygen atoms in total. The summed E-state index contributed by atoms with van der Waals surface area (Å²) in [6.45, 7) is 2.41. The van der Waals surface area contributed by atoms with E-state index in [1.807, 2.05) is 60.7 Å². The summed E-state index contributed by atoms with van der Waals surface area (Å²) in [6, 6.07) is 18.5. The van der Waals surface area contributed by atoms with Gasteiger partial charge >= 0.3 is 12.2 Å². The normalized spacial score (nSPS) is 11.2. The van der Waals surface area contributed by atoms with Crippen molar-refractivity contribution in [3.8, 4) is 0 Å². The minimum absolute atomic E-state index is 0.0945. The van der Waals surface area contributed by atoms with Gasteiger partial charge in [0.2, 0.25) is 5.91 Å². The summed E-state index contributed by atoms with van der Waals surface area (Å²) in [5.41, 5.74) is 6.34. The highest BCUT2D eigenvalue weighted by Gasteiger charge is 2.20. The molecule has 0 radical (unpaired) electrons. The lowest BCUT2D eigenvalue weighted by atomic mass is 10.0. The molecule has 32 heavy (non-hydrogen) atoms. The molecule has 3 N–H and O–H groups in total. The fourth-order valence-electron chi connectivity index (χ4n) is 2.92. The molecule has 0 unspecified atom stereocenters. The third-order valence-electron chi connectivity index (χ3n) is 4.73. The number of hydrazine groups is 1. The topological polar surface area (TPSA) is 106 Å². The van der Waals surface area contributed by atoms with Gasteiger partial charge in [0.15, 0.2) is 0 Å². The molecule has 2 aromatic rings.